The van der Waals surface area contributed by atoms with Crippen LogP contribution in [0.15, 0.2) is 18.2 Å². The van der Waals surface area contributed by atoms with Gasteiger partial charge in [-0.3, -0.25) is 0 Å². The van der Waals surface area contributed by atoms with Gasteiger partial charge < -0.3 is 5.32 Å². The van der Waals surface area contributed by atoms with Crippen LogP contribution < -0.4 is 5.32 Å². The molecule has 2 aromatic rings. The number of aromatic nitrogens is 2. The molecule has 0 fully saturated rings. The summed E-state index contributed by atoms with van der Waals surface area (Å²) < 4.78 is 30.5. The maximum atomic E-state index is 13.4. The number of hydrogen-bond acceptors (Lipinski definition) is 4. The van der Waals surface area contributed by atoms with E-state index in [2.05, 4.69) is 14.9 Å². The van der Waals surface area contributed by atoms with Gasteiger partial charge in [0.15, 0.2) is 11.6 Å². The molecule has 0 spiro atoms. The molecule has 3 nitrogen and oxygen atoms in total. The Morgan fingerprint density at radius 3 is 2.60 bits per heavy atom. The molecule has 0 aliphatic rings. The minimum Gasteiger partial charge on any atom is -0.306 e. The van der Waals surface area contributed by atoms with E-state index >= 15 is 0 Å². The molecule has 108 valence electrons. The van der Waals surface area contributed by atoms with Gasteiger partial charge in [0.25, 0.3) is 0 Å². The van der Waals surface area contributed by atoms with Gasteiger partial charge in [0.1, 0.15) is 0 Å². The SMILES string of the molecule is CCNC(c1ccc(F)c(F)c1)c1snnc1C(C)C. The zero-order valence-electron chi connectivity index (χ0n) is 11.7. The normalized spacial score (nSPS) is 12.9. The van der Waals surface area contributed by atoms with Crippen molar-refractivity contribution in [3.63, 3.8) is 0 Å². The molecule has 0 amide bonds. The fourth-order valence-corrected chi connectivity index (χ4v) is 2.97. The molecule has 0 aliphatic carbocycles. The lowest BCUT2D eigenvalue weighted by molar-refractivity contribution is 0.504. The summed E-state index contributed by atoms with van der Waals surface area (Å²) >= 11 is 1.29. The first-order valence-electron chi connectivity index (χ1n) is 6.55. The van der Waals surface area contributed by atoms with Gasteiger partial charge in [-0.2, -0.15) is 0 Å². The zero-order valence-corrected chi connectivity index (χ0v) is 12.5. The van der Waals surface area contributed by atoms with Gasteiger partial charge in [0, 0.05) is 0 Å². The monoisotopic (exact) mass is 297 g/mol. The number of hydrogen-bond donors (Lipinski definition) is 1. The number of rotatable bonds is 5. The predicted octanol–water partition coefficient (Wildman–Crippen LogP) is 3.64. The van der Waals surface area contributed by atoms with E-state index in [1.807, 2.05) is 20.8 Å². The second-order valence-corrected chi connectivity index (χ2v) is 5.63. The Balaban J connectivity index is 2.44. The first-order valence-corrected chi connectivity index (χ1v) is 7.32. The molecule has 1 aromatic carbocycles. The Morgan fingerprint density at radius 2 is 2.00 bits per heavy atom. The number of halogens is 2. The summed E-state index contributed by atoms with van der Waals surface area (Å²) in [4.78, 5) is 0.952. The van der Waals surface area contributed by atoms with Crippen LogP contribution >= 0.6 is 11.5 Å². The van der Waals surface area contributed by atoms with Crippen LogP contribution in [0.4, 0.5) is 8.78 Å². The lowest BCUT2D eigenvalue weighted by atomic mass is 10.00. The Bertz CT molecular complexity index is 584. The van der Waals surface area contributed by atoms with Gasteiger partial charge in [-0.25, -0.2) is 8.78 Å². The van der Waals surface area contributed by atoms with Crippen LogP contribution in [0.3, 0.4) is 0 Å². The van der Waals surface area contributed by atoms with E-state index in [0.717, 1.165) is 16.6 Å². The standard InChI is InChI=1S/C14H17F2N3S/c1-4-17-13(9-5-6-10(15)11(16)7-9)14-12(8(2)3)18-19-20-14/h5-8,13,17H,4H2,1-3H3. The van der Waals surface area contributed by atoms with Crippen LogP contribution in [0.5, 0.6) is 0 Å². The van der Waals surface area contributed by atoms with E-state index in [1.165, 1.54) is 17.6 Å². The first-order chi connectivity index (χ1) is 9.54. The van der Waals surface area contributed by atoms with E-state index in [1.54, 1.807) is 6.07 Å². The molecule has 6 heteroatoms. The highest BCUT2D eigenvalue weighted by molar-refractivity contribution is 7.05. The van der Waals surface area contributed by atoms with Crippen molar-refractivity contribution in [2.45, 2.75) is 32.7 Å². The largest absolute Gasteiger partial charge is 0.306 e. The molecular weight excluding hydrogens is 280 g/mol. The van der Waals surface area contributed by atoms with Crippen molar-refractivity contribution in [2.24, 2.45) is 0 Å². The summed E-state index contributed by atoms with van der Waals surface area (Å²) in [6.07, 6.45) is 0. The summed E-state index contributed by atoms with van der Waals surface area (Å²) in [7, 11) is 0. The second-order valence-electron chi connectivity index (χ2n) is 4.84. The summed E-state index contributed by atoms with van der Waals surface area (Å²) in [5.74, 6) is -1.44. The molecule has 20 heavy (non-hydrogen) atoms. The van der Waals surface area contributed by atoms with Gasteiger partial charge in [-0.15, -0.1) is 5.10 Å². The van der Waals surface area contributed by atoms with Crippen molar-refractivity contribution in [3.05, 3.63) is 46.0 Å². The molecule has 0 radical (unpaired) electrons. The van der Waals surface area contributed by atoms with Crippen molar-refractivity contribution in [3.8, 4) is 0 Å². The topological polar surface area (TPSA) is 37.8 Å². The third kappa shape index (κ3) is 3.02. The minimum absolute atomic E-state index is 0.215. The number of benzene rings is 1. The van der Waals surface area contributed by atoms with E-state index in [9.17, 15) is 8.78 Å². The average molecular weight is 297 g/mol. The summed E-state index contributed by atoms with van der Waals surface area (Å²) in [5, 5.41) is 7.43. The molecular formula is C14H17F2N3S. The fourth-order valence-electron chi connectivity index (χ4n) is 2.06. The van der Waals surface area contributed by atoms with Crippen LogP contribution in [0, 0.1) is 11.6 Å². The fraction of sp³-hybridized carbons (Fsp3) is 0.429. The first kappa shape index (κ1) is 15.0. The highest BCUT2D eigenvalue weighted by Gasteiger charge is 2.23. The minimum atomic E-state index is -0.839. The third-order valence-corrected chi connectivity index (χ3v) is 3.84. The van der Waals surface area contributed by atoms with E-state index in [-0.39, 0.29) is 12.0 Å². The van der Waals surface area contributed by atoms with Crippen molar-refractivity contribution < 1.29 is 8.78 Å². The summed E-state index contributed by atoms with van der Waals surface area (Å²) in [6, 6.07) is 3.76. The highest BCUT2D eigenvalue weighted by atomic mass is 32.1. The van der Waals surface area contributed by atoms with E-state index < -0.39 is 11.6 Å². The molecule has 0 saturated heterocycles. The summed E-state index contributed by atoms with van der Waals surface area (Å²) in [5.41, 5.74) is 1.57. The highest BCUT2D eigenvalue weighted by Crippen LogP contribution is 2.31. The van der Waals surface area contributed by atoms with Crippen molar-refractivity contribution >= 4 is 11.5 Å². The van der Waals surface area contributed by atoms with Crippen molar-refractivity contribution in [1.82, 2.24) is 14.9 Å². The molecule has 0 bridgehead atoms. The lowest BCUT2D eigenvalue weighted by Crippen LogP contribution is -2.22. The van der Waals surface area contributed by atoms with Gasteiger partial charge in [0.05, 0.1) is 16.6 Å². The van der Waals surface area contributed by atoms with Crippen LogP contribution in [0.25, 0.3) is 0 Å². The van der Waals surface area contributed by atoms with Gasteiger partial charge in [-0.1, -0.05) is 31.3 Å². The summed E-state index contributed by atoms with van der Waals surface area (Å²) in [6.45, 7) is 6.75. The number of nitrogens with zero attached hydrogens (tertiary/aromatic N) is 2. The molecule has 1 atom stereocenters. The number of nitrogens with one attached hydrogen (secondary N) is 1. The molecule has 0 saturated carbocycles. The van der Waals surface area contributed by atoms with E-state index in [0.29, 0.717) is 12.1 Å². The predicted molar refractivity (Wildman–Crippen MR) is 75.9 cm³/mol. The Kier molecular flexibility index (Phi) is 4.77. The quantitative estimate of drug-likeness (QED) is 0.915. The lowest BCUT2D eigenvalue weighted by Gasteiger charge is -2.18. The Labute approximate surface area is 121 Å². The van der Waals surface area contributed by atoms with Crippen LogP contribution in [0.1, 0.15) is 48.9 Å². The molecule has 2 rings (SSSR count). The van der Waals surface area contributed by atoms with Crippen LogP contribution in [-0.4, -0.2) is 16.1 Å². The van der Waals surface area contributed by atoms with Gasteiger partial charge >= 0.3 is 0 Å². The third-order valence-electron chi connectivity index (χ3n) is 3.03. The Hall–Kier alpha value is -1.40. The average Bonchev–Trinajstić information content (AvgIpc) is 2.88. The molecule has 1 heterocycles. The zero-order chi connectivity index (χ0) is 14.7. The molecule has 0 aliphatic heterocycles. The molecule has 1 unspecified atom stereocenters. The van der Waals surface area contributed by atoms with Gasteiger partial charge in [0.2, 0.25) is 0 Å². The maximum absolute atomic E-state index is 13.4. The van der Waals surface area contributed by atoms with Crippen LogP contribution in [0.2, 0.25) is 0 Å². The van der Waals surface area contributed by atoms with Gasteiger partial charge in [-0.05, 0) is 41.7 Å². The maximum Gasteiger partial charge on any atom is 0.159 e. The van der Waals surface area contributed by atoms with E-state index in [4.69, 9.17) is 0 Å². The molecule has 1 N–H and O–H groups in total. The van der Waals surface area contributed by atoms with Crippen molar-refractivity contribution in [2.75, 3.05) is 6.54 Å². The second kappa shape index (κ2) is 6.37. The smallest absolute Gasteiger partial charge is 0.159 e. The van der Waals surface area contributed by atoms with Crippen molar-refractivity contribution in [1.29, 1.82) is 0 Å². The van der Waals surface area contributed by atoms with Crippen LogP contribution in [-0.2, 0) is 0 Å². The Morgan fingerprint density at radius 1 is 1.25 bits per heavy atom. The molecule has 1 aromatic heterocycles.